The van der Waals surface area contributed by atoms with Crippen molar-refractivity contribution in [2.45, 2.75) is 0 Å². The van der Waals surface area contributed by atoms with E-state index in [0.717, 1.165) is 57.1 Å². The fourth-order valence-corrected chi connectivity index (χ4v) is 2.31. The van der Waals surface area contributed by atoms with Crippen molar-refractivity contribution >= 4 is 17.1 Å². The summed E-state index contributed by atoms with van der Waals surface area (Å²) in [5.74, 6) is 0.562. The van der Waals surface area contributed by atoms with Crippen LogP contribution in [0.3, 0.4) is 0 Å². The Balaban J connectivity index is 0.000000463. The number of rotatable bonds is 9. The third kappa shape index (κ3) is 16.7. The molecule has 0 fully saturated rings. The van der Waals surface area contributed by atoms with Crippen LogP contribution >= 0.6 is 0 Å². The van der Waals surface area contributed by atoms with Gasteiger partial charge in [-0.2, -0.15) is 18.2 Å². The molecule has 3 aromatic rings. The van der Waals surface area contributed by atoms with Crippen LogP contribution in [0, 0.1) is 6.07 Å². The summed E-state index contributed by atoms with van der Waals surface area (Å²) in [4.78, 5) is 0. The summed E-state index contributed by atoms with van der Waals surface area (Å²) in [6.07, 6.45) is 0. The summed E-state index contributed by atoms with van der Waals surface area (Å²) in [5, 5.41) is 27.2. The van der Waals surface area contributed by atoms with Crippen LogP contribution in [0.25, 0.3) is 0 Å². The predicted molar refractivity (Wildman–Crippen MR) is 135 cm³/mol. The van der Waals surface area contributed by atoms with Crippen molar-refractivity contribution in [3.05, 3.63) is 78.9 Å². The Hall–Kier alpha value is -2.95. The van der Waals surface area contributed by atoms with E-state index in [9.17, 15) is 0 Å². The molecule has 9 nitrogen and oxygen atoms in total. The van der Waals surface area contributed by atoms with Crippen LogP contribution in [0.1, 0.15) is 0 Å². The number of hydrogen-bond acceptors (Lipinski definition) is 9. The maximum absolute atomic E-state index is 8.93. The first-order valence-electron chi connectivity index (χ1n) is 10.7. The average molecular weight is 503 g/mol. The fourth-order valence-electron chi connectivity index (χ4n) is 2.31. The van der Waals surface area contributed by atoms with Gasteiger partial charge >= 0.3 is 23.7 Å². The van der Waals surface area contributed by atoms with Crippen molar-refractivity contribution in [1.82, 2.24) is 0 Å². The van der Waals surface area contributed by atoms with Gasteiger partial charge in [-0.3, -0.25) is 0 Å². The normalized spacial score (nSPS) is 9.09. The van der Waals surface area contributed by atoms with Gasteiger partial charge in [0, 0.05) is 50.6 Å². The Bertz CT molecular complexity index is 790. The Morgan fingerprint density at radius 2 is 0.882 bits per heavy atom. The van der Waals surface area contributed by atoms with E-state index in [-0.39, 0.29) is 11.5 Å². The maximum atomic E-state index is 8.93. The van der Waals surface area contributed by atoms with Gasteiger partial charge in [0.25, 0.3) is 0 Å². The van der Waals surface area contributed by atoms with Gasteiger partial charge < -0.3 is 43.4 Å². The zero-order valence-electron chi connectivity index (χ0n) is 19.2. The van der Waals surface area contributed by atoms with E-state index in [0.29, 0.717) is 19.6 Å². The number of phenols is 2. The molecular weight excluding hydrogens is 468 g/mol. The van der Waals surface area contributed by atoms with Gasteiger partial charge in [-0.15, -0.1) is 12.1 Å². The molecule has 0 aliphatic rings. The summed E-state index contributed by atoms with van der Waals surface area (Å²) in [5.41, 5.74) is 19.0. The number of aromatic hydroxyl groups is 2. The third-order valence-corrected chi connectivity index (χ3v) is 3.87. The Morgan fingerprint density at radius 3 is 1.18 bits per heavy atom. The molecule has 34 heavy (non-hydrogen) atoms. The molecule has 0 saturated carbocycles. The first-order chi connectivity index (χ1) is 16.6. The SMILES string of the molecule is NCCNc1cc[c-]cc1.NCCNc1ccc(O)cc1.NCCNc1ccc(O)cc1.[O]=[Ti+]. The zero-order valence-corrected chi connectivity index (χ0v) is 20.8. The minimum atomic E-state index is 0.281. The summed E-state index contributed by atoms with van der Waals surface area (Å²) < 4.78 is 8.25. The topological polar surface area (TPSA) is 172 Å². The van der Waals surface area contributed by atoms with Crippen molar-refractivity contribution < 1.29 is 33.9 Å². The van der Waals surface area contributed by atoms with E-state index in [1.54, 1.807) is 24.3 Å². The van der Waals surface area contributed by atoms with Gasteiger partial charge in [0.1, 0.15) is 11.5 Å². The van der Waals surface area contributed by atoms with Crippen LogP contribution in [0.2, 0.25) is 0 Å². The van der Waals surface area contributed by atoms with Crippen molar-refractivity contribution in [1.29, 1.82) is 0 Å². The van der Waals surface area contributed by atoms with Gasteiger partial charge in [0.05, 0.1) is 0 Å². The molecule has 0 saturated heterocycles. The Kier molecular flexibility index (Phi) is 20.0. The van der Waals surface area contributed by atoms with E-state index in [1.165, 1.54) is 0 Å². The van der Waals surface area contributed by atoms with Gasteiger partial charge in [0.2, 0.25) is 0 Å². The molecule has 183 valence electrons. The average Bonchev–Trinajstić information content (AvgIpc) is 2.89. The van der Waals surface area contributed by atoms with E-state index in [1.807, 2.05) is 48.5 Å². The predicted octanol–water partition coefficient (Wildman–Crippen LogP) is 2.26. The quantitative estimate of drug-likeness (QED) is 0.124. The fraction of sp³-hybridized carbons (Fsp3) is 0.250. The molecule has 0 radical (unpaired) electrons. The Labute approximate surface area is 213 Å². The molecule has 3 aromatic carbocycles. The first kappa shape index (κ1) is 31.1. The Morgan fingerprint density at radius 1 is 0.588 bits per heavy atom. The van der Waals surface area contributed by atoms with Gasteiger partial charge in [-0.05, 0) is 48.5 Å². The zero-order chi connectivity index (χ0) is 25.4. The molecule has 3 rings (SSSR count). The molecule has 0 heterocycles. The van der Waals surface area contributed by atoms with Crippen molar-refractivity contribution in [2.75, 3.05) is 55.2 Å². The molecule has 0 atom stereocenters. The second-order valence-electron chi connectivity index (χ2n) is 6.53. The van der Waals surface area contributed by atoms with E-state index < -0.39 is 0 Å². The van der Waals surface area contributed by atoms with Gasteiger partial charge in [0.15, 0.2) is 0 Å². The second kappa shape index (κ2) is 21.9. The molecule has 10 heteroatoms. The van der Waals surface area contributed by atoms with E-state index in [2.05, 4.69) is 22.0 Å². The van der Waals surface area contributed by atoms with Crippen LogP contribution in [-0.4, -0.2) is 49.5 Å². The van der Waals surface area contributed by atoms with Crippen molar-refractivity contribution in [3.8, 4) is 11.5 Å². The monoisotopic (exact) mass is 503 g/mol. The van der Waals surface area contributed by atoms with E-state index >= 15 is 0 Å². The summed E-state index contributed by atoms with van der Waals surface area (Å²) in [7, 11) is 0. The second-order valence-corrected chi connectivity index (χ2v) is 6.53. The minimum absolute atomic E-state index is 0.281. The number of phenolic OH excluding ortho intramolecular Hbond substituents is 2. The summed E-state index contributed by atoms with van der Waals surface area (Å²) >= 11 is 0.750. The molecule has 0 aromatic heterocycles. The van der Waals surface area contributed by atoms with Crippen LogP contribution in [0.4, 0.5) is 17.1 Å². The molecule has 0 aliphatic carbocycles. The molecule has 0 spiro atoms. The number of benzene rings is 3. The first-order valence-corrected chi connectivity index (χ1v) is 11.3. The van der Waals surface area contributed by atoms with Gasteiger partial charge in [-0.1, -0.05) is 5.69 Å². The van der Waals surface area contributed by atoms with E-state index in [4.69, 9.17) is 30.7 Å². The summed E-state index contributed by atoms with van der Waals surface area (Å²) in [6, 6.07) is 24.4. The van der Waals surface area contributed by atoms with Crippen LogP contribution in [0.15, 0.2) is 72.8 Å². The van der Waals surface area contributed by atoms with Crippen molar-refractivity contribution in [3.63, 3.8) is 0 Å². The number of anilines is 3. The molecular formula is C24H35N6O3Ti. The third-order valence-electron chi connectivity index (χ3n) is 3.87. The summed E-state index contributed by atoms with van der Waals surface area (Å²) in [6.45, 7) is 4.22. The van der Waals surface area contributed by atoms with Crippen LogP contribution < -0.4 is 33.2 Å². The number of nitrogens with two attached hydrogens (primary N) is 3. The van der Waals surface area contributed by atoms with Crippen molar-refractivity contribution in [2.24, 2.45) is 17.2 Å². The molecule has 0 aliphatic heterocycles. The molecule has 0 amide bonds. The van der Waals surface area contributed by atoms with Crippen LogP contribution in [-0.2, 0) is 23.7 Å². The molecule has 0 unspecified atom stereocenters. The van der Waals surface area contributed by atoms with Gasteiger partial charge in [-0.25, -0.2) is 0 Å². The number of hydrogen-bond donors (Lipinski definition) is 8. The van der Waals surface area contributed by atoms with Crippen LogP contribution in [0.5, 0.6) is 11.5 Å². The number of nitrogens with one attached hydrogen (secondary N) is 3. The standard InChI is InChI=1S/2C8H12N2O.C8H11N2.O.Ti/c2*9-5-6-10-7-1-3-8(11)4-2-7;9-6-7-10-8-4-2-1-3-5-8;;/h2*1-4,10-11H,5-6,9H2;2-5,10H,6-7,9H2;;/q;;-1;;+1. The molecule has 11 N–H and O–H groups in total. The molecule has 0 bridgehead atoms.